The van der Waals surface area contributed by atoms with E-state index in [1.165, 1.54) is 0 Å². The quantitative estimate of drug-likeness (QED) is 0.490. The molecule has 0 spiro atoms. The van der Waals surface area contributed by atoms with Crippen molar-refractivity contribution in [1.29, 1.82) is 0 Å². The van der Waals surface area contributed by atoms with Gasteiger partial charge in [-0.15, -0.1) is 0 Å². The summed E-state index contributed by atoms with van der Waals surface area (Å²) in [6.45, 7) is 4.80. The molecule has 0 aromatic heterocycles. The lowest BCUT2D eigenvalue weighted by Gasteiger charge is -2.24. The molecule has 0 aromatic carbocycles. The molecule has 0 aliphatic heterocycles. The van der Waals surface area contributed by atoms with Crippen LogP contribution in [0.15, 0.2) is 0 Å². The fraction of sp³-hybridized carbons (Fsp3) is 0.818. The van der Waals surface area contributed by atoms with Crippen molar-refractivity contribution < 1.29 is 14.3 Å². The first-order chi connectivity index (χ1) is 8.00. The first kappa shape index (κ1) is 15.9. The summed E-state index contributed by atoms with van der Waals surface area (Å²) in [5.74, 6) is -0.421. The molecule has 0 saturated heterocycles. The highest BCUT2D eigenvalue weighted by Crippen LogP contribution is 2.18. The van der Waals surface area contributed by atoms with Gasteiger partial charge in [-0.1, -0.05) is 6.92 Å². The lowest BCUT2D eigenvalue weighted by Crippen LogP contribution is -2.47. The van der Waals surface area contributed by atoms with Crippen molar-refractivity contribution in [1.82, 2.24) is 10.6 Å². The number of rotatable bonds is 8. The zero-order valence-electron chi connectivity index (χ0n) is 10.8. The third-order valence-electron chi connectivity index (χ3n) is 2.82. The highest BCUT2D eigenvalue weighted by atomic mass is 16.5. The molecule has 17 heavy (non-hydrogen) atoms. The number of nitrogens with two attached hydrogens (primary N) is 1. The van der Waals surface area contributed by atoms with E-state index in [0.29, 0.717) is 19.6 Å². The Hall–Kier alpha value is -1.14. The van der Waals surface area contributed by atoms with Crippen LogP contribution >= 0.6 is 0 Å². The Kier molecular flexibility index (Phi) is 7.49. The van der Waals surface area contributed by atoms with Crippen LogP contribution in [0.3, 0.4) is 0 Å². The fourth-order valence-corrected chi connectivity index (χ4v) is 1.13. The number of carbonyl (C=O) groups is 2. The van der Waals surface area contributed by atoms with Crippen molar-refractivity contribution in [3.05, 3.63) is 0 Å². The Labute approximate surface area is 102 Å². The SMILES string of the molecule is CCC(C)(CN)C(=O)NCC(=O)NCCOC. The predicted molar refractivity (Wildman–Crippen MR) is 65.3 cm³/mol. The third-order valence-corrected chi connectivity index (χ3v) is 2.82. The minimum absolute atomic E-state index is 0.0296. The average Bonchev–Trinajstić information content (AvgIpc) is 2.35. The number of carbonyl (C=O) groups excluding carboxylic acids is 2. The molecule has 100 valence electrons. The van der Waals surface area contributed by atoms with E-state index in [4.69, 9.17) is 10.5 Å². The van der Waals surface area contributed by atoms with E-state index in [1.54, 1.807) is 14.0 Å². The second-order valence-corrected chi connectivity index (χ2v) is 4.14. The smallest absolute Gasteiger partial charge is 0.239 e. The molecule has 0 radical (unpaired) electrons. The Bertz CT molecular complexity index is 252. The van der Waals surface area contributed by atoms with E-state index in [2.05, 4.69) is 10.6 Å². The molecule has 0 rings (SSSR count). The second kappa shape index (κ2) is 8.03. The number of hydrogen-bond acceptors (Lipinski definition) is 4. The van der Waals surface area contributed by atoms with Crippen LogP contribution in [-0.2, 0) is 14.3 Å². The monoisotopic (exact) mass is 245 g/mol. The van der Waals surface area contributed by atoms with Crippen LogP contribution < -0.4 is 16.4 Å². The van der Waals surface area contributed by atoms with E-state index >= 15 is 0 Å². The van der Waals surface area contributed by atoms with Gasteiger partial charge in [0.1, 0.15) is 0 Å². The van der Waals surface area contributed by atoms with Crippen LogP contribution in [0.4, 0.5) is 0 Å². The van der Waals surface area contributed by atoms with Crippen molar-refractivity contribution in [2.24, 2.45) is 11.1 Å². The topological polar surface area (TPSA) is 93.5 Å². The summed E-state index contributed by atoms with van der Waals surface area (Å²) in [4.78, 5) is 23.1. The van der Waals surface area contributed by atoms with Gasteiger partial charge in [-0.25, -0.2) is 0 Å². The van der Waals surface area contributed by atoms with Crippen molar-refractivity contribution in [2.75, 3.05) is 33.4 Å². The lowest BCUT2D eigenvalue weighted by atomic mass is 9.87. The molecule has 1 unspecified atom stereocenters. The maximum absolute atomic E-state index is 11.8. The zero-order chi connectivity index (χ0) is 13.3. The molecule has 0 aliphatic carbocycles. The van der Waals surface area contributed by atoms with E-state index in [9.17, 15) is 9.59 Å². The minimum atomic E-state index is -0.604. The summed E-state index contributed by atoms with van der Waals surface area (Å²) < 4.78 is 4.79. The van der Waals surface area contributed by atoms with Crippen LogP contribution in [-0.4, -0.2) is 45.2 Å². The van der Waals surface area contributed by atoms with Gasteiger partial charge < -0.3 is 21.1 Å². The Balaban J connectivity index is 3.94. The summed E-state index contributed by atoms with van der Waals surface area (Å²) in [6.07, 6.45) is 0.640. The highest BCUT2D eigenvalue weighted by Gasteiger charge is 2.29. The molecule has 1 atom stereocenters. The van der Waals surface area contributed by atoms with Crippen LogP contribution in [0.25, 0.3) is 0 Å². The molecular formula is C11H23N3O3. The van der Waals surface area contributed by atoms with Crippen molar-refractivity contribution in [3.63, 3.8) is 0 Å². The standard InChI is InChI=1S/C11H23N3O3/c1-4-11(2,8-12)10(16)14-7-9(15)13-5-6-17-3/h4-8,12H2,1-3H3,(H,13,15)(H,14,16). The van der Waals surface area contributed by atoms with E-state index in [1.807, 2.05) is 6.92 Å². The van der Waals surface area contributed by atoms with Crippen molar-refractivity contribution >= 4 is 11.8 Å². The van der Waals surface area contributed by atoms with E-state index in [-0.39, 0.29) is 24.9 Å². The minimum Gasteiger partial charge on any atom is -0.383 e. The van der Waals surface area contributed by atoms with Crippen LogP contribution in [0.2, 0.25) is 0 Å². The molecule has 0 aromatic rings. The Morgan fingerprint density at radius 1 is 1.35 bits per heavy atom. The number of ether oxygens (including phenoxy) is 1. The van der Waals surface area contributed by atoms with Gasteiger partial charge in [-0.2, -0.15) is 0 Å². The van der Waals surface area contributed by atoms with E-state index < -0.39 is 5.41 Å². The molecule has 4 N–H and O–H groups in total. The maximum atomic E-state index is 11.8. The maximum Gasteiger partial charge on any atom is 0.239 e. The average molecular weight is 245 g/mol. The van der Waals surface area contributed by atoms with Gasteiger partial charge in [0.2, 0.25) is 11.8 Å². The number of amides is 2. The summed E-state index contributed by atoms with van der Waals surface area (Å²) in [7, 11) is 1.56. The molecule has 0 heterocycles. The Morgan fingerprint density at radius 3 is 2.47 bits per heavy atom. The summed E-state index contributed by atoms with van der Waals surface area (Å²) in [5.41, 5.74) is 4.94. The second-order valence-electron chi connectivity index (χ2n) is 4.14. The highest BCUT2D eigenvalue weighted by molar-refractivity contribution is 5.87. The molecule has 0 saturated carbocycles. The normalized spacial score (nSPS) is 13.9. The third kappa shape index (κ3) is 5.65. The van der Waals surface area contributed by atoms with Crippen LogP contribution in [0.5, 0.6) is 0 Å². The molecule has 2 amide bonds. The Morgan fingerprint density at radius 2 is 2.00 bits per heavy atom. The molecule has 0 fully saturated rings. The number of methoxy groups -OCH3 is 1. The number of nitrogens with one attached hydrogen (secondary N) is 2. The van der Waals surface area contributed by atoms with Gasteiger partial charge in [0, 0.05) is 20.2 Å². The zero-order valence-corrected chi connectivity index (χ0v) is 10.8. The molecule has 0 bridgehead atoms. The lowest BCUT2D eigenvalue weighted by molar-refractivity contribution is -0.132. The van der Waals surface area contributed by atoms with Gasteiger partial charge in [0.25, 0.3) is 0 Å². The van der Waals surface area contributed by atoms with Crippen LogP contribution in [0.1, 0.15) is 20.3 Å². The first-order valence-corrected chi connectivity index (χ1v) is 5.74. The van der Waals surface area contributed by atoms with Gasteiger partial charge in [-0.3, -0.25) is 9.59 Å². The van der Waals surface area contributed by atoms with E-state index in [0.717, 1.165) is 0 Å². The molecule has 6 heteroatoms. The fourth-order valence-electron chi connectivity index (χ4n) is 1.13. The predicted octanol–water partition coefficient (Wildman–Crippen LogP) is -0.760. The molecular weight excluding hydrogens is 222 g/mol. The molecule has 6 nitrogen and oxygen atoms in total. The van der Waals surface area contributed by atoms with Gasteiger partial charge >= 0.3 is 0 Å². The van der Waals surface area contributed by atoms with Gasteiger partial charge in [-0.05, 0) is 13.3 Å². The molecule has 0 aliphatic rings. The largest absolute Gasteiger partial charge is 0.383 e. The summed E-state index contributed by atoms with van der Waals surface area (Å²) >= 11 is 0. The van der Waals surface area contributed by atoms with Crippen molar-refractivity contribution in [2.45, 2.75) is 20.3 Å². The van der Waals surface area contributed by atoms with Gasteiger partial charge in [0.15, 0.2) is 0 Å². The van der Waals surface area contributed by atoms with Crippen molar-refractivity contribution in [3.8, 4) is 0 Å². The number of hydrogen-bond donors (Lipinski definition) is 3. The first-order valence-electron chi connectivity index (χ1n) is 5.74. The summed E-state index contributed by atoms with van der Waals surface area (Å²) in [6, 6.07) is 0. The summed E-state index contributed by atoms with van der Waals surface area (Å²) in [5, 5.41) is 5.20. The van der Waals surface area contributed by atoms with Gasteiger partial charge in [0.05, 0.1) is 18.6 Å². The van der Waals surface area contributed by atoms with Crippen LogP contribution in [0, 0.1) is 5.41 Å².